The van der Waals surface area contributed by atoms with Gasteiger partial charge >= 0.3 is 0 Å². The Hall–Kier alpha value is -0.350. The standard InChI is InChI=1S/C11H6BrCl3N2/c1-5-9(14)16-11(17-10(5)15)6-2-3-7(12)8(13)4-6/h2-4H,1H3. The summed E-state index contributed by atoms with van der Waals surface area (Å²) in [6.45, 7) is 1.77. The fourth-order valence-electron chi connectivity index (χ4n) is 1.23. The number of benzene rings is 1. The molecule has 0 aliphatic carbocycles. The van der Waals surface area contributed by atoms with Crippen LogP contribution in [0.15, 0.2) is 22.7 Å². The zero-order valence-corrected chi connectivity index (χ0v) is 12.5. The topological polar surface area (TPSA) is 25.8 Å². The van der Waals surface area contributed by atoms with Crippen LogP contribution < -0.4 is 0 Å². The van der Waals surface area contributed by atoms with Gasteiger partial charge in [0.1, 0.15) is 10.3 Å². The molecular weight excluding hydrogens is 346 g/mol. The van der Waals surface area contributed by atoms with Gasteiger partial charge in [0, 0.05) is 15.6 Å². The highest BCUT2D eigenvalue weighted by Gasteiger charge is 2.10. The molecule has 2 nitrogen and oxygen atoms in total. The van der Waals surface area contributed by atoms with Crippen LogP contribution >= 0.6 is 50.7 Å². The fraction of sp³-hybridized carbons (Fsp3) is 0.0909. The van der Waals surface area contributed by atoms with Gasteiger partial charge < -0.3 is 0 Å². The van der Waals surface area contributed by atoms with Crippen LogP contribution in [0.2, 0.25) is 15.3 Å². The van der Waals surface area contributed by atoms with Crippen LogP contribution in [0.5, 0.6) is 0 Å². The van der Waals surface area contributed by atoms with E-state index in [1.807, 2.05) is 12.1 Å². The Kier molecular flexibility index (Phi) is 3.93. The van der Waals surface area contributed by atoms with E-state index in [4.69, 9.17) is 34.8 Å². The second kappa shape index (κ2) is 5.11. The molecule has 0 aliphatic rings. The van der Waals surface area contributed by atoms with Crippen molar-refractivity contribution < 1.29 is 0 Å². The average molecular weight is 352 g/mol. The maximum absolute atomic E-state index is 6.01. The number of halogens is 4. The van der Waals surface area contributed by atoms with Crippen molar-refractivity contribution in [3.05, 3.63) is 43.6 Å². The minimum atomic E-state index is 0.346. The van der Waals surface area contributed by atoms with Gasteiger partial charge in [-0.1, -0.05) is 34.8 Å². The maximum atomic E-state index is 6.01. The maximum Gasteiger partial charge on any atom is 0.162 e. The van der Waals surface area contributed by atoms with Crippen molar-refractivity contribution in [2.45, 2.75) is 6.92 Å². The first-order chi connectivity index (χ1) is 7.99. The lowest BCUT2D eigenvalue weighted by molar-refractivity contribution is 1.14. The van der Waals surface area contributed by atoms with E-state index in [1.54, 1.807) is 13.0 Å². The highest BCUT2D eigenvalue weighted by molar-refractivity contribution is 9.10. The van der Waals surface area contributed by atoms with Crippen molar-refractivity contribution in [2.75, 3.05) is 0 Å². The Morgan fingerprint density at radius 3 is 2.18 bits per heavy atom. The van der Waals surface area contributed by atoms with Gasteiger partial charge in [0.05, 0.1) is 5.02 Å². The van der Waals surface area contributed by atoms with Gasteiger partial charge in [0.25, 0.3) is 0 Å². The Bertz CT molecular complexity index is 564. The minimum absolute atomic E-state index is 0.346. The van der Waals surface area contributed by atoms with Gasteiger partial charge in [-0.25, -0.2) is 9.97 Å². The molecule has 1 aromatic heterocycles. The molecule has 0 saturated heterocycles. The SMILES string of the molecule is Cc1c(Cl)nc(-c2ccc(Br)c(Cl)c2)nc1Cl. The molecule has 88 valence electrons. The van der Waals surface area contributed by atoms with Crippen molar-refractivity contribution in [2.24, 2.45) is 0 Å². The molecule has 0 saturated carbocycles. The van der Waals surface area contributed by atoms with E-state index in [2.05, 4.69) is 25.9 Å². The molecule has 0 unspecified atom stereocenters. The number of hydrogen-bond donors (Lipinski definition) is 0. The highest BCUT2D eigenvalue weighted by Crippen LogP contribution is 2.29. The molecular formula is C11H6BrCl3N2. The molecule has 0 bridgehead atoms. The summed E-state index contributed by atoms with van der Waals surface area (Å²) in [5.74, 6) is 0.458. The van der Waals surface area contributed by atoms with Crippen molar-refractivity contribution in [1.29, 1.82) is 0 Å². The van der Waals surface area contributed by atoms with Crippen LogP contribution in [0.25, 0.3) is 11.4 Å². The summed E-state index contributed by atoms with van der Waals surface area (Å²) in [5, 5.41) is 1.28. The number of hydrogen-bond acceptors (Lipinski definition) is 2. The molecule has 6 heteroatoms. The molecule has 0 N–H and O–H groups in total. The third-order valence-electron chi connectivity index (χ3n) is 2.20. The predicted molar refractivity (Wildman–Crippen MR) is 74.9 cm³/mol. The van der Waals surface area contributed by atoms with E-state index in [0.717, 1.165) is 10.0 Å². The molecule has 0 radical (unpaired) electrons. The summed E-state index contributed by atoms with van der Waals surface area (Å²) in [5.41, 5.74) is 1.43. The van der Waals surface area contributed by atoms with Gasteiger partial charge in [-0.3, -0.25) is 0 Å². The van der Waals surface area contributed by atoms with E-state index in [9.17, 15) is 0 Å². The zero-order valence-electron chi connectivity index (χ0n) is 8.64. The lowest BCUT2D eigenvalue weighted by Gasteiger charge is -2.05. The van der Waals surface area contributed by atoms with Crippen molar-refractivity contribution in [1.82, 2.24) is 9.97 Å². The monoisotopic (exact) mass is 350 g/mol. The normalized spacial score (nSPS) is 10.6. The summed E-state index contributed by atoms with van der Waals surface area (Å²) in [4.78, 5) is 8.34. The smallest absolute Gasteiger partial charge is 0.162 e. The van der Waals surface area contributed by atoms with Crippen LogP contribution in [-0.4, -0.2) is 9.97 Å². The summed E-state index contributed by atoms with van der Waals surface area (Å²) in [7, 11) is 0. The first kappa shape index (κ1) is 13.1. The highest BCUT2D eigenvalue weighted by atomic mass is 79.9. The molecule has 2 aromatic rings. The number of nitrogens with zero attached hydrogens (tertiary/aromatic N) is 2. The molecule has 1 aromatic carbocycles. The Morgan fingerprint density at radius 2 is 1.65 bits per heavy atom. The summed E-state index contributed by atoms with van der Waals surface area (Å²) >= 11 is 21.2. The molecule has 17 heavy (non-hydrogen) atoms. The third kappa shape index (κ3) is 2.74. The van der Waals surface area contributed by atoms with Crippen LogP contribution in [0, 0.1) is 6.92 Å². The van der Waals surface area contributed by atoms with E-state index >= 15 is 0 Å². The Morgan fingerprint density at radius 1 is 1.06 bits per heavy atom. The third-order valence-corrected chi connectivity index (χ3v) is 4.17. The van der Waals surface area contributed by atoms with Gasteiger partial charge in [-0.05, 0) is 41.1 Å². The Balaban J connectivity index is 2.57. The molecule has 0 amide bonds. The minimum Gasteiger partial charge on any atom is -0.216 e. The van der Waals surface area contributed by atoms with Crippen LogP contribution in [-0.2, 0) is 0 Å². The summed E-state index contributed by atoms with van der Waals surface area (Å²) < 4.78 is 0.812. The molecule has 0 spiro atoms. The zero-order chi connectivity index (χ0) is 12.6. The first-order valence-corrected chi connectivity index (χ1v) is 6.57. The Labute approximate surface area is 122 Å². The summed E-state index contributed by atoms with van der Waals surface area (Å²) in [6.07, 6.45) is 0. The molecule has 0 fully saturated rings. The largest absolute Gasteiger partial charge is 0.216 e. The van der Waals surface area contributed by atoms with Crippen molar-refractivity contribution in [3.8, 4) is 11.4 Å². The second-order valence-corrected chi connectivity index (χ2v) is 5.36. The van der Waals surface area contributed by atoms with Crippen molar-refractivity contribution >= 4 is 50.7 Å². The van der Waals surface area contributed by atoms with E-state index in [0.29, 0.717) is 26.7 Å². The second-order valence-electron chi connectivity index (χ2n) is 3.38. The van der Waals surface area contributed by atoms with E-state index in [-0.39, 0.29) is 0 Å². The van der Waals surface area contributed by atoms with Crippen LogP contribution in [0.1, 0.15) is 5.56 Å². The van der Waals surface area contributed by atoms with Gasteiger partial charge in [-0.15, -0.1) is 0 Å². The fourth-order valence-corrected chi connectivity index (χ4v) is 2.04. The lowest BCUT2D eigenvalue weighted by atomic mass is 10.2. The predicted octanol–water partition coefficient (Wildman–Crippen LogP) is 5.17. The molecule has 1 heterocycles. The quantitative estimate of drug-likeness (QED) is 0.661. The molecule has 2 rings (SSSR count). The van der Waals surface area contributed by atoms with Crippen molar-refractivity contribution in [3.63, 3.8) is 0 Å². The van der Waals surface area contributed by atoms with Crippen LogP contribution in [0.3, 0.4) is 0 Å². The van der Waals surface area contributed by atoms with Crippen LogP contribution in [0.4, 0.5) is 0 Å². The average Bonchev–Trinajstić information content (AvgIpc) is 2.29. The summed E-state index contributed by atoms with van der Waals surface area (Å²) in [6, 6.07) is 5.42. The van der Waals surface area contributed by atoms with E-state index < -0.39 is 0 Å². The van der Waals surface area contributed by atoms with E-state index in [1.165, 1.54) is 0 Å². The lowest BCUT2D eigenvalue weighted by Crippen LogP contribution is -1.93. The van der Waals surface area contributed by atoms with Gasteiger partial charge in [-0.2, -0.15) is 0 Å². The van der Waals surface area contributed by atoms with Gasteiger partial charge in [0.15, 0.2) is 5.82 Å². The number of rotatable bonds is 1. The van der Waals surface area contributed by atoms with Gasteiger partial charge in [0.2, 0.25) is 0 Å². The number of aromatic nitrogens is 2. The molecule has 0 aliphatic heterocycles. The molecule has 0 atom stereocenters. The first-order valence-electron chi connectivity index (χ1n) is 4.64.